The molecule has 0 aliphatic heterocycles. The third-order valence-electron chi connectivity index (χ3n) is 4.40. The molecule has 1 amide bonds. The molecule has 0 aliphatic carbocycles. The number of rotatable bonds is 4. The highest BCUT2D eigenvalue weighted by atomic mass is 16.4. The van der Waals surface area contributed by atoms with Crippen molar-refractivity contribution in [1.29, 1.82) is 0 Å². The Hall–Kier alpha value is -4.27. The Bertz CT molecular complexity index is 1230. The van der Waals surface area contributed by atoms with E-state index in [9.17, 15) is 9.90 Å². The maximum absolute atomic E-state index is 12.1. The van der Waals surface area contributed by atoms with E-state index in [2.05, 4.69) is 20.2 Å². The van der Waals surface area contributed by atoms with Crippen LogP contribution in [0.15, 0.2) is 59.1 Å². The Morgan fingerprint density at radius 1 is 1.07 bits per heavy atom. The molecule has 4 aromatic rings. The van der Waals surface area contributed by atoms with Crippen molar-refractivity contribution in [2.45, 2.75) is 0 Å². The van der Waals surface area contributed by atoms with Gasteiger partial charge in [-0.1, -0.05) is 24.3 Å². The van der Waals surface area contributed by atoms with Gasteiger partial charge in [-0.3, -0.25) is 4.79 Å². The number of nitrogen functional groups attached to an aromatic ring is 1. The quantitative estimate of drug-likeness (QED) is 0.527. The number of hydrogen-bond acceptors (Lipinski definition) is 8. The fourth-order valence-electron chi connectivity index (χ4n) is 2.82. The first-order valence-electron chi connectivity index (χ1n) is 9.01. The number of carbonyl (C=O) groups excluding carboxylic acids is 1. The fraction of sp³-hybridized carbons (Fsp3) is 0.0952. The molecule has 0 radical (unpaired) electrons. The van der Waals surface area contributed by atoms with Gasteiger partial charge in [0.1, 0.15) is 5.75 Å². The van der Waals surface area contributed by atoms with Crippen molar-refractivity contribution < 1.29 is 17.2 Å². The summed E-state index contributed by atoms with van der Waals surface area (Å²) in [6.07, 6.45) is 1.53. The van der Waals surface area contributed by atoms with Gasteiger partial charge in [-0.2, -0.15) is 0 Å². The number of amides is 1. The van der Waals surface area contributed by atoms with Crippen LogP contribution in [0.1, 0.15) is 13.2 Å². The SMILES string of the molecule is CN(C)C(=O)c1ccc(-c2cnc(N)c(-c3nnc(-c4ccccc4O)o3)n2)cc1.[HH].[HH]. The number of nitrogens with zero attached hydrogens (tertiary/aromatic N) is 5. The second kappa shape index (κ2) is 7.63. The molecule has 0 unspecified atom stereocenters. The number of phenolic OH excluding ortho intramolecular Hbond substituents is 1. The minimum atomic E-state index is -0.0896. The molecule has 0 saturated carbocycles. The molecule has 154 valence electrons. The molecular weight excluding hydrogens is 384 g/mol. The van der Waals surface area contributed by atoms with Crippen molar-refractivity contribution >= 4 is 11.7 Å². The average Bonchev–Trinajstić information content (AvgIpc) is 3.23. The summed E-state index contributed by atoms with van der Waals surface area (Å²) in [4.78, 5) is 22.3. The highest BCUT2D eigenvalue weighted by Gasteiger charge is 2.18. The van der Waals surface area contributed by atoms with Crippen LogP contribution >= 0.6 is 0 Å². The molecule has 30 heavy (non-hydrogen) atoms. The number of anilines is 1. The van der Waals surface area contributed by atoms with Gasteiger partial charge in [-0.05, 0) is 24.3 Å². The predicted molar refractivity (Wildman–Crippen MR) is 115 cm³/mol. The van der Waals surface area contributed by atoms with Crippen LogP contribution in [0.3, 0.4) is 0 Å². The molecule has 0 saturated heterocycles. The number of phenols is 1. The van der Waals surface area contributed by atoms with Gasteiger partial charge in [0.25, 0.3) is 17.7 Å². The van der Waals surface area contributed by atoms with E-state index in [0.29, 0.717) is 16.8 Å². The fourth-order valence-corrected chi connectivity index (χ4v) is 2.82. The van der Waals surface area contributed by atoms with Gasteiger partial charge in [-0.25, -0.2) is 9.97 Å². The number of aromatic nitrogens is 4. The number of carbonyl (C=O) groups is 1. The lowest BCUT2D eigenvalue weighted by atomic mass is 10.1. The largest absolute Gasteiger partial charge is 0.507 e. The van der Waals surface area contributed by atoms with Crippen LogP contribution in [-0.4, -0.2) is 50.2 Å². The van der Waals surface area contributed by atoms with Crippen LogP contribution in [-0.2, 0) is 0 Å². The summed E-state index contributed by atoms with van der Waals surface area (Å²) in [5.74, 6) is 0.285. The van der Waals surface area contributed by atoms with Gasteiger partial charge in [0, 0.05) is 28.1 Å². The van der Waals surface area contributed by atoms with E-state index < -0.39 is 0 Å². The van der Waals surface area contributed by atoms with Crippen LogP contribution in [0.4, 0.5) is 5.82 Å². The molecule has 2 aromatic carbocycles. The summed E-state index contributed by atoms with van der Waals surface area (Å²) >= 11 is 0. The molecule has 4 rings (SSSR count). The highest BCUT2D eigenvalue weighted by molar-refractivity contribution is 5.94. The van der Waals surface area contributed by atoms with Crippen molar-refractivity contribution in [3.63, 3.8) is 0 Å². The number of hydrogen-bond donors (Lipinski definition) is 2. The Labute approximate surface area is 174 Å². The lowest BCUT2D eigenvalue weighted by molar-refractivity contribution is 0.0827. The van der Waals surface area contributed by atoms with E-state index in [0.717, 1.165) is 5.56 Å². The van der Waals surface area contributed by atoms with Crippen molar-refractivity contribution in [2.75, 3.05) is 19.8 Å². The zero-order chi connectivity index (χ0) is 21.3. The Balaban J connectivity index is 0.00000181. The second-order valence-corrected chi connectivity index (χ2v) is 6.70. The first-order chi connectivity index (χ1) is 14.4. The highest BCUT2D eigenvalue weighted by Crippen LogP contribution is 2.31. The van der Waals surface area contributed by atoms with Crippen LogP contribution in [0, 0.1) is 0 Å². The minimum absolute atomic E-state index is 0. The third kappa shape index (κ3) is 3.55. The third-order valence-corrected chi connectivity index (χ3v) is 4.40. The van der Waals surface area contributed by atoms with E-state index in [1.54, 1.807) is 56.6 Å². The smallest absolute Gasteiger partial charge is 0.270 e. The summed E-state index contributed by atoms with van der Waals surface area (Å²) in [7, 11) is 3.39. The number of aromatic hydroxyl groups is 1. The van der Waals surface area contributed by atoms with Crippen molar-refractivity contribution in [2.24, 2.45) is 0 Å². The molecule has 2 aromatic heterocycles. The Kier molecular flexibility index (Phi) is 4.85. The zero-order valence-electron chi connectivity index (χ0n) is 16.3. The van der Waals surface area contributed by atoms with Crippen LogP contribution in [0.2, 0.25) is 0 Å². The maximum atomic E-state index is 12.1. The molecule has 9 heteroatoms. The Morgan fingerprint density at radius 3 is 2.47 bits per heavy atom. The molecule has 0 aliphatic rings. The minimum Gasteiger partial charge on any atom is -0.507 e. The van der Waals surface area contributed by atoms with Crippen LogP contribution in [0.25, 0.3) is 34.3 Å². The van der Waals surface area contributed by atoms with Crippen molar-refractivity contribution in [3.05, 3.63) is 60.3 Å². The summed E-state index contributed by atoms with van der Waals surface area (Å²) in [5.41, 5.74) is 8.46. The van der Waals surface area contributed by atoms with Gasteiger partial charge < -0.3 is 20.2 Å². The molecular formula is C21H22N6O3. The first-order valence-corrected chi connectivity index (χ1v) is 9.01. The summed E-state index contributed by atoms with van der Waals surface area (Å²) in [6.45, 7) is 0. The average molecular weight is 406 g/mol. The molecule has 2 heterocycles. The first kappa shape index (κ1) is 19.1. The van der Waals surface area contributed by atoms with E-state index in [-0.39, 0.29) is 37.8 Å². The van der Waals surface area contributed by atoms with Crippen LogP contribution in [0.5, 0.6) is 5.75 Å². The predicted octanol–water partition coefficient (Wildman–Crippen LogP) is 3.34. The summed E-state index contributed by atoms with van der Waals surface area (Å²) < 4.78 is 5.67. The molecule has 0 bridgehead atoms. The van der Waals surface area contributed by atoms with Crippen molar-refractivity contribution in [1.82, 2.24) is 25.1 Å². The van der Waals surface area contributed by atoms with Gasteiger partial charge in [-0.15, -0.1) is 10.2 Å². The van der Waals surface area contributed by atoms with Gasteiger partial charge >= 0.3 is 0 Å². The Morgan fingerprint density at radius 2 is 1.77 bits per heavy atom. The molecule has 0 fully saturated rings. The monoisotopic (exact) mass is 406 g/mol. The summed E-state index contributed by atoms with van der Waals surface area (Å²) in [6, 6.07) is 13.6. The van der Waals surface area contributed by atoms with E-state index in [1.807, 2.05) is 0 Å². The standard InChI is InChI=1S/C21H18N6O3.2H2/c1-27(2)21(29)13-9-7-12(8-10-13)15-11-23-18(22)17(24-15)20-26-25-19(30-20)14-5-3-4-6-16(14)28;;/h3-11,28H,1-2H3,(H2,22,23);2*1H. The topological polar surface area (TPSA) is 131 Å². The maximum Gasteiger partial charge on any atom is 0.270 e. The number of para-hydroxylation sites is 1. The molecule has 0 spiro atoms. The van der Waals surface area contributed by atoms with Crippen LogP contribution < -0.4 is 5.73 Å². The molecule has 9 nitrogen and oxygen atoms in total. The van der Waals surface area contributed by atoms with Gasteiger partial charge in [0.2, 0.25) is 0 Å². The van der Waals surface area contributed by atoms with Gasteiger partial charge in [0.15, 0.2) is 11.5 Å². The second-order valence-electron chi connectivity index (χ2n) is 6.70. The molecule has 0 atom stereocenters. The van der Waals surface area contributed by atoms with E-state index in [1.165, 1.54) is 17.2 Å². The number of nitrogens with two attached hydrogens (primary N) is 1. The van der Waals surface area contributed by atoms with Gasteiger partial charge in [0.05, 0.1) is 17.5 Å². The zero-order valence-corrected chi connectivity index (χ0v) is 16.3. The lowest BCUT2D eigenvalue weighted by Gasteiger charge is -2.10. The normalized spacial score (nSPS) is 10.7. The lowest BCUT2D eigenvalue weighted by Crippen LogP contribution is -2.21. The van der Waals surface area contributed by atoms with E-state index >= 15 is 0 Å². The number of benzene rings is 2. The summed E-state index contributed by atoms with van der Waals surface area (Å²) in [5, 5.41) is 17.9. The molecule has 3 N–H and O–H groups in total. The van der Waals surface area contributed by atoms with Crippen molar-refractivity contribution in [3.8, 4) is 40.0 Å². The van der Waals surface area contributed by atoms with E-state index in [4.69, 9.17) is 10.2 Å².